The van der Waals surface area contributed by atoms with Gasteiger partial charge in [0.05, 0.1) is 5.69 Å². The molecule has 1 heterocycles. The van der Waals surface area contributed by atoms with Gasteiger partial charge in [0.25, 0.3) is 5.91 Å². The molecule has 3 rings (SSSR count). The van der Waals surface area contributed by atoms with Gasteiger partial charge in [-0.15, -0.1) is 0 Å². The molecule has 3 nitrogen and oxygen atoms in total. The maximum absolute atomic E-state index is 15.4. The van der Waals surface area contributed by atoms with Crippen LogP contribution in [-0.4, -0.2) is 18.1 Å². The number of carbonyl (C=O) groups excluding carboxylic acids is 1. The van der Waals surface area contributed by atoms with Crippen molar-refractivity contribution >= 4 is 11.6 Å². The van der Waals surface area contributed by atoms with E-state index >= 15 is 4.39 Å². The molecule has 4 heteroatoms. The van der Waals surface area contributed by atoms with Gasteiger partial charge in [-0.3, -0.25) is 4.79 Å². The zero-order valence-corrected chi connectivity index (χ0v) is 11.0. The summed E-state index contributed by atoms with van der Waals surface area (Å²) in [5.41, 5.74) is -1.35. The van der Waals surface area contributed by atoms with E-state index in [0.29, 0.717) is 11.3 Å². The van der Waals surface area contributed by atoms with Crippen molar-refractivity contribution in [2.45, 2.75) is 11.8 Å². The van der Waals surface area contributed by atoms with Crippen molar-refractivity contribution in [1.82, 2.24) is 0 Å². The van der Waals surface area contributed by atoms with Gasteiger partial charge in [-0.2, -0.15) is 0 Å². The van der Waals surface area contributed by atoms with Crippen molar-refractivity contribution < 1.29 is 14.3 Å². The van der Waals surface area contributed by atoms with Gasteiger partial charge in [0, 0.05) is 12.6 Å². The Morgan fingerprint density at radius 2 is 1.70 bits per heavy atom. The van der Waals surface area contributed by atoms with E-state index in [4.69, 9.17) is 0 Å². The van der Waals surface area contributed by atoms with Crippen LogP contribution in [0.1, 0.15) is 17.2 Å². The molecule has 2 atom stereocenters. The number of carbonyl (C=O) groups is 1. The van der Waals surface area contributed by atoms with Gasteiger partial charge in [-0.05, 0) is 11.6 Å². The van der Waals surface area contributed by atoms with E-state index in [0.717, 1.165) is 0 Å². The fraction of sp³-hybridized carbons (Fsp3) is 0.188. The highest BCUT2D eigenvalue weighted by molar-refractivity contribution is 6.07. The number of hydrogen-bond acceptors (Lipinski definition) is 2. The molecule has 1 unspecified atom stereocenters. The third kappa shape index (κ3) is 1.58. The molecule has 2 aromatic rings. The second-order valence-electron chi connectivity index (χ2n) is 4.91. The van der Waals surface area contributed by atoms with Crippen LogP contribution in [-0.2, 0) is 10.5 Å². The maximum atomic E-state index is 15.4. The lowest BCUT2D eigenvalue weighted by Gasteiger charge is -2.25. The Bertz CT molecular complexity index is 659. The summed E-state index contributed by atoms with van der Waals surface area (Å²) < 4.78 is 15.4. The molecule has 2 aromatic carbocycles. The zero-order chi connectivity index (χ0) is 14.3. The zero-order valence-electron chi connectivity index (χ0n) is 11.0. The molecule has 1 aliphatic heterocycles. The summed E-state index contributed by atoms with van der Waals surface area (Å²) in [6.45, 7) is 0. The first-order chi connectivity index (χ1) is 9.56. The number of aliphatic hydroxyl groups is 1. The van der Waals surface area contributed by atoms with Gasteiger partial charge in [0.2, 0.25) is 5.67 Å². The Hall–Kier alpha value is -2.20. The molecular weight excluding hydrogens is 257 g/mol. The first kappa shape index (κ1) is 12.8. The number of aliphatic hydroxyl groups excluding tert-OH is 1. The Balaban J connectivity index is 2.15. The second kappa shape index (κ2) is 4.42. The number of likely N-dealkylation sites (N-methyl/N-ethyl adjacent to an activating group) is 1. The van der Waals surface area contributed by atoms with Crippen LogP contribution in [0.25, 0.3) is 0 Å². The molecule has 0 fully saturated rings. The lowest BCUT2D eigenvalue weighted by Crippen LogP contribution is -2.39. The highest BCUT2D eigenvalue weighted by Gasteiger charge is 2.56. The van der Waals surface area contributed by atoms with E-state index in [1.54, 1.807) is 54.6 Å². The highest BCUT2D eigenvalue weighted by atomic mass is 19.1. The monoisotopic (exact) mass is 271 g/mol. The van der Waals surface area contributed by atoms with Crippen LogP contribution in [0.15, 0.2) is 54.6 Å². The maximum Gasteiger partial charge on any atom is 0.272 e. The Morgan fingerprint density at radius 1 is 1.10 bits per heavy atom. The van der Waals surface area contributed by atoms with Gasteiger partial charge in [0.15, 0.2) is 0 Å². The molecule has 0 radical (unpaired) electrons. The van der Waals surface area contributed by atoms with E-state index in [1.165, 1.54) is 11.9 Å². The summed E-state index contributed by atoms with van der Waals surface area (Å²) in [6, 6.07) is 15.0. The van der Waals surface area contributed by atoms with E-state index in [1.807, 2.05) is 0 Å². The Morgan fingerprint density at radius 3 is 2.40 bits per heavy atom. The van der Waals surface area contributed by atoms with Gasteiger partial charge in [-0.25, -0.2) is 4.39 Å². The molecule has 0 saturated heterocycles. The van der Waals surface area contributed by atoms with Crippen molar-refractivity contribution in [1.29, 1.82) is 0 Å². The molecule has 1 amide bonds. The van der Waals surface area contributed by atoms with Crippen LogP contribution in [0, 0.1) is 0 Å². The van der Waals surface area contributed by atoms with Crippen LogP contribution < -0.4 is 4.90 Å². The molecule has 1 N–H and O–H groups in total. The smallest absolute Gasteiger partial charge is 0.272 e. The Labute approximate surface area is 116 Å². The number of amides is 1. The molecule has 102 valence electrons. The fourth-order valence-electron chi connectivity index (χ4n) is 2.67. The Kier molecular flexibility index (Phi) is 2.83. The molecule has 0 aliphatic carbocycles. The van der Waals surface area contributed by atoms with Gasteiger partial charge < -0.3 is 10.0 Å². The molecule has 20 heavy (non-hydrogen) atoms. The number of benzene rings is 2. The summed E-state index contributed by atoms with van der Waals surface area (Å²) in [6.07, 6.45) is -1.53. The first-order valence-corrected chi connectivity index (χ1v) is 6.36. The predicted octanol–water partition coefficient (Wildman–Crippen LogP) is 2.56. The van der Waals surface area contributed by atoms with Crippen molar-refractivity contribution in [3.05, 3.63) is 65.7 Å². The minimum atomic E-state index is -2.44. The quantitative estimate of drug-likeness (QED) is 0.912. The lowest BCUT2D eigenvalue weighted by molar-refractivity contribution is -0.137. The number of halogens is 1. The topological polar surface area (TPSA) is 40.5 Å². The van der Waals surface area contributed by atoms with Crippen LogP contribution in [0.4, 0.5) is 10.1 Å². The fourth-order valence-corrected chi connectivity index (χ4v) is 2.67. The number of nitrogens with zero attached hydrogens (tertiary/aromatic N) is 1. The van der Waals surface area contributed by atoms with E-state index < -0.39 is 17.7 Å². The van der Waals surface area contributed by atoms with Crippen molar-refractivity contribution in [3.8, 4) is 0 Å². The normalized spacial score (nSPS) is 22.8. The summed E-state index contributed by atoms with van der Waals surface area (Å²) in [5, 5.41) is 10.4. The van der Waals surface area contributed by atoms with E-state index in [2.05, 4.69) is 0 Å². The molecule has 1 aliphatic rings. The number of anilines is 1. The molecular formula is C16H14FNO2. The number of rotatable bonds is 2. The van der Waals surface area contributed by atoms with Crippen molar-refractivity contribution in [3.63, 3.8) is 0 Å². The molecule has 0 aromatic heterocycles. The number of alkyl halides is 1. The van der Waals surface area contributed by atoms with E-state index in [-0.39, 0.29) is 5.56 Å². The summed E-state index contributed by atoms with van der Waals surface area (Å²) in [5.74, 6) is -0.741. The summed E-state index contributed by atoms with van der Waals surface area (Å²) in [7, 11) is 1.51. The van der Waals surface area contributed by atoms with Gasteiger partial charge in [0.1, 0.15) is 6.10 Å². The minimum absolute atomic E-state index is 0.212. The van der Waals surface area contributed by atoms with Gasteiger partial charge in [-0.1, -0.05) is 48.5 Å². The molecule has 0 saturated carbocycles. The largest absolute Gasteiger partial charge is 0.384 e. The third-order valence-corrected chi connectivity index (χ3v) is 3.77. The molecule has 0 spiro atoms. The number of hydrogen-bond donors (Lipinski definition) is 1. The number of fused-ring (bicyclic) bond motifs is 1. The first-order valence-electron chi connectivity index (χ1n) is 6.36. The van der Waals surface area contributed by atoms with Crippen LogP contribution in [0.3, 0.4) is 0 Å². The van der Waals surface area contributed by atoms with Crippen LogP contribution >= 0.6 is 0 Å². The van der Waals surface area contributed by atoms with Crippen molar-refractivity contribution in [2.75, 3.05) is 11.9 Å². The summed E-state index contributed by atoms with van der Waals surface area (Å²) in [4.78, 5) is 13.5. The van der Waals surface area contributed by atoms with Crippen LogP contribution in [0.2, 0.25) is 0 Å². The molecule has 0 bridgehead atoms. The predicted molar refractivity (Wildman–Crippen MR) is 74.0 cm³/mol. The van der Waals surface area contributed by atoms with E-state index in [9.17, 15) is 9.90 Å². The average molecular weight is 271 g/mol. The lowest BCUT2D eigenvalue weighted by atomic mass is 9.87. The van der Waals surface area contributed by atoms with Crippen LogP contribution in [0.5, 0.6) is 0 Å². The summed E-state index contributed by atoms with van der Waals surface area (Å²) >= 11 is 0. The highest BCUT2D eigenvalue weighted by Crippen LogP contribution is 2.49. The number of para-hydroxylation sites is 1. The standard InChI is InChI=1S/C16H14FNO2/c1-18-13-10-6-5-9-12(13)16(17,15(18)20)14(19)11-7-3-2-4-8-11/h2-10,14,19H,1H3/t14?,16-/m1/s1. The minimum Gasteiger partial charge on any atom is -0.384 e. The SMILES string of the molecule is CN1C(=O)[C@](F)(C(O)c2ccccc2)c2ccccc21. The average Bonchev–Trinajstić information content (AvgIpc) is 2.71. The van der Waals surface area contributed by atoms with Gasteiger partial charge >= 0.3 is 0 Å². The van der Waals surface area contributed by atoms with Crippen molar-refractivity contribution in [2.24, 2.45) is 0 Å². The second-order valence-corrected chi connectivity index (χ2v) is 4.91. The third-order valence-electron chi connectivity index (χ3n) is 3.77.